The largest absolute Gasteiger partial charge is 0.394 e. The van der Waals surface area contributed by atoms with E-state index in [-0.39, 0.29) is 12.5 Å². The molecule has 3 N–H and O–H groups in total. The summed E-state index contributed by atoms with van der Waals surface area (Å²) < 4.78 is 0. The van der Waals surface area contributed by atoms with Crippen molar-refractivity contribution < 1.29 is 9.90 Å². The third kappa shape index (κ3) is 3.50. The van der Waals surface area contributed by atoms with Gasteiger partial charge in [0.2, 0.25) is 0 Å². The summed E-state index contributed by atoms with van der Waals surface area (Å²) in [5, 5.41) is 21.0. The van der Waals surface area contributed by atoms with Crippen molar-refractivity contribution in [2.24, 2.45) is 0 Å². The van der Waals surface area contributed by atoms with Gasteiger partial charge < -0.3 is 15.4 Å². The van der Waals surface area contributed by atoms with Gasteiger partial charge in [-0.2, -0.15) is 5.26 Å². The molecule has 2 aromatic rings. The lowest BCUT2D eigenvalue weighted by molar-refractivity contribution is 0.0911. The molecule has 0 saturated carbocycles. The quantitative estimate of drug-likeness (QED) is 0.783. The molecule has 1 atom stereocenters. The highest BCUT2D eigenvalue weighted by molar-refractivity contribution is 5.92. The molecule has 1 heterocycles. The Bertz CT molecular complexity index is 653. The van der Waals surface area contributed by atoms with Gasteiger partial charge in [0.05, 0.1) is 12.6 Å². The van der Waals surface area contributed by atoms with E-state index in [2.05, 4.69) is 17.2 Å². The molecule has 1 aromatic heterocycles. The zero-order chi connectivity index (χ0) is 15.2. The van der Waals surface area contributed by atoms with Gasteiger partial charge in [-0.25, -0.2) is 0 Å². The molecule has 0 aliphatic rings. The molecule has 0 radical (unpaired) electrons. The van der Waals surface area contributed by atoms with Crippen molar-refractivity contribution in [3.8, 4) is 6.07 Å². The number of rotatable bonds is 5. The first-order valence-electron chi connectivity index (χ1n) is 6.77. The molecule has 0 spiro atoms. The standard InChI is InChI=1S/C16H17N3O2/c1-2-11-3-5-12(6-4-11)15(10-20)19-16(21)14-8-7-13(9-17)18-14/h3-8,15,18,20H,2,10H2,1H3,(H,19,21). The molecule has 0 aliphatic heterocycles. The number of aliphatic hydroxyl groups excluding tert-OH is 1. The van der Waals surface area contributed by atoms with E-state index in [4.69, 9.17) is 5.26 Å². The summed E-state index contributed by atoms with van der Waals surface area (Å²) >= 11 is 0. The van der Waals surface area contributed by atoms with E-state index in [1.165, 1.54) is 5.56 Å². The number of nitrogens with zero attached hydrogens (tertiary/aromatic N) is 1. The van der Waals surface area contributed by atoms with Crippen LogP contribution in [0.5, 0.6) is 0 Å². The molecule has 108 valence electrons. The van der Waals surface area contributed by atoms with Crippen LogP contribution in [0.1, 0.15) is 40.3 Å². The Labute approximate surface area is 123 Å². The average Bonchev–Trinajstić information content (AvgIpc) is 3.01. The second-order valence-corrected chi connectivity index (χ2v) is 4.70. The molecule has 1 unspecified atom stereocenters. The number of carbonyl (C=O) groups is 1. The Hall–Kier alpha value is -2.58. The lowest BCUT2D eigenvalue weighted by Gasteiger charge is -2.16. The van der Waals surface area contributed by atoms with Crippen LogP contribution in [0.3, 0.4) is 0 Å². The van der Waals surface area contributed by atoms with Gasteiger partial charge in [-0.05, 0) is 29.7 Å². The number of benzene rings is 1. The Kier molecular flexibility index (Phi) is 4.75. The highest BCUT2D eigenvalue weighted by Gasteiger charge is 2.16. The number of aromatic nitrogens is 1. The van der Waals surface area contributed by atoms with Gasteiger partial charge in [0, 0.05) is 0 Å². The maximum absolute atomic E-state index is 12.1. The van der Waals surface area contributed by atoms with Crippen molar-refractivity contribution in [2.75, 3.05) is 6.61 Å². The summed E-state index contributed by atoms with van der Waals surface area (Å²) in [7, 11) is 0. The smallest absolute Gasteiger partial charge is 0.268 e. The molecule has 2 rings (SSSR count). The van der Waals surface area contributed by atoms with Crippen molar-refractivity contribution in [3.05, 3.63) is 58.9 Å². The van der Waals surface area contributed by atoms with Crippen LogP contribution in [0.15, 0.2) is 36.4 Å². The maximum atomic E-state index is 12.1. The molecule has 1 aromatic carbocycles. The van der Waals surface area contributed by atoms with E-state index >= 15 is 0 Å². The van der Waals surface area contributed by atoms with Crippen molar-refractivity contribution in [2.45, 2.75) is 19.4 Å². The molecule has 5 heteroatoms. The molecule has 5 nitrogen and oxygen atoms in total. The van der Waals surface area contributed by atoms with Crippen molar-refractivity contribution in [3.63, 3.8) is 0 Å². The van der Waals surface area contributed by atoms with Gasteiger partial charge in [0.15, 0.2) is 0 Å². The molecule has 0 aliphatic carbocycles. The number of nitrogens with one attached hydrogen (secondary N) is 2. The van der Waals surface area contributed by atoms with Crippen LogP contribution in [0.4, 0.5) is 0 Å². The summed E-state index contributed by atoms with van der Waals surface area (Å²) in [6.07, 6.45) is 0.940. The van der Waals surface area contributed by atoms with E-state index in [0.29, 0.717) is 11.4 Å². The predicted molar refractivity (Wildman–Crippen MR) is 78.6 cm³/mol. The minimum atomic E-state index is -0.475. The second-order valence-electron chi connectivity index (χ2n) is 4.70. The number of hydrogen-bond donors (Lipinski definition) is 3. The molecule has 0 saturated heterocycles. The zero-order valence-corrected chi connectivity index (χ0v) is 11.8. The zero-order valence-electron chi connectivity index (χ0n) is 11.8. The number of aromatic amines is 1. The SMILES string of the molecule is CCc1ccc(C(CO)NC(=O)c2ccc(C#N)[nH]2)cc1. The fourth-order valence-corrected chi connectivity index (χ4v) is 2.05. The number of aryl methyl sites for hydroxylation is 1. The normalized spacial score (nSPS) is 11.7. The summed E-state index contributed by atoms with van der Waals surface area (Å²) in [6.45, 7) is 1.88. The first-order chi connectivity index (χ1) is 10.2. The summed E-state index contributed by atoms with van der Waals surface area (Å²) in [5.41, 5.74) is 2.67. The van der Waals surface area contributed by atoms with Crippen molar-refractivity contribution in [1.29, 1.82) is 5.26 Å². The first-order valence-corrected chi connectivity index (χ1v) is 6.77. The minimum Gasteiger partial charge on any atom is -0.394 e. The number of nitriles is 1. The monoisotopic (exact) mass is 283 g/mol. The Balaban J connectivity index is 2.10. The number of hydrogen-bond acceptors (Lipinski definition) is 3. The number of aliphatic hydroxyl groups is 1. The average molecular weight is 283 g/mol. The fourth-order valence-electron chi connectivity index (χ4n) is 2.05. The predicted octanol–water partition coefficient (Wildman–Crippen LogP) is 1.91. The highest BCUT2D eigenvalue weighted by Crippen LogP contribution is 2.15. The van der Waals surface area contributed by atoms with Gasteiger partial charge in [0.25, 0.3) is 5.91 Å². The van der Waals surface area contributed by atoms with Gasteiger partial charge in [-0.15, -0.1) is 0 Å². The van der Waals surface area contributed by atoms with Gasteiger partial charge in [0.1, 0.15) is 17.5 Å². The molecular formula is C16H17N3O2. The molecule has 21 heavy (non-hydrogen) atoms. The van der Waals surface area contributed by atoms with E-state index in [1.807, 2.05) is 30.3 Å². The minimum absolute atomic E-state index is 0.191. The molecule has 0 fully saturated rings. The second kappa shape index (κ2) is 6.73. The third-order valence-corrected chi connectivity index (χ3v) is 3.33. The van der Waals surface area contributed by atoms with E-state index in [9.17, 15) is 9.90 Å². The van der Waals surface area contributed by atoms with Crippen LogP contribution in [-0.4, -0.2) is 22.6 Å². The van der Waals surface area contributed by atoms with Crippen molar-refractivity contribution in [1.82, 2.24) is 10.3 Å². The first kappa shape index (κ1) is 14.8. The maximum Gasteiger partial charge on any atom is 0.268 e. The van der Waals surface area contributed by atoms with Crippen LogP contribution in [-0.2, 0) is 6.42 Å². The van der Waals surface area contributed by atoms with Crippen LogP contribution < -0.4 is 5.32 Å². The summed E-state index contributed by atoms with van der Waals surface area (Å²) in [5.74, 6) is -0.352. The number of amides is 1. The fraction of sp³-hybridized carbons (Fsp3) is 0.250. The molecule has 0 bridgehead atoms. The lowest BCUT2D eigenvalue weighted by Crippen LogP contribution is -2.31. The van der Waals surface area contributed by atoms with Crippen LogP contribution in [0.2, 0.25) is 0 Å². The van der Waals surface area contributed by atoms with Gasteiger partial charge >= 0.3 is 0 Å². The summed E-state index contributed by atoms with van der Waals surface area (Å²) in [4.78, 5) is 14.8. The van der Waals surface area contributed by atoms with Crippen LogP contribution in [0, 0.1) is 11.3 Å². The van der Waals surface area contributed by atoms with E-state index < -0.39 is 6.04 Å². The Morgan fingerprint density at radius 1 is 1.33 bits per heavy atom. The van der Waals surface area contributed by atoms with E-state index in [1.54, 1.807) is 12.1 Å². The van der Waals surface area contributed by atoms with E-state index in [0.717, 1.165) is 12.0 Å². The Morgan fingerprint density at radius 2 is 2.05 bits per heavy atom. The van der Waals surface area contributed by atoms with Crippen LogP contribution >= 0.6 is 0 Å². The molecule has 1 amide bonds. The van der Waals surface area contributed by atoms with Crippen LogP contribution in [0.25, 0.3) is 0 Å². The topological polar surface area (TPSA) is 88.9 Å². The number of carbonyl (C=O) groups excluding carboxylic acids is 1. The van der Waals surface area contributed by atoms with Gasteiger partial charge in [-0.3, -0.25) is 4.79 Å². The van der Waals surface area contributed by atoms with Gasteiger partial charge in [-0.1, -0.05) is 31.2 Å². The summed E-state index contributed by atoms with van der Waals surface area (Å²) in [6, 6.07) is 12.3. The van der Waals surface area contributed by atoms with Crippen molar-refractivity contribution >= 4 is 5.91 Å². The highest BCUT2D eigenvalue weighted by atomic mass is 16.3. The lowest BCUT2D eigenvalue weighted by atomic mass is 10.0. The Morgan fingerprint density at radius 3 is 2.57 bits per heavy atom. The number of H-pyrrole nitrogens is 1. The molecular weight excluding hydrogens is 266 g/mol. The third-order valence-electron chi connectivity index (χ3n) is 3.33.